The van der Waals surface area contributed by atoms with Crippen molar-refractivity contribution >= 4 is 11.8 Å². The molecule has 0 N–H and O–H groups in total. The molecule has 1 aromatic heterocycles. The van der Waals surface area contributed by atoms with Crippen molar-refractivity contribution in [3.63, 3.8) is 0 Å². The lowest BCUT2D eigenvalue weighted by Gasteiger charge is -2.21. The molecule has 2 rings (SSSR count). The van der Waals surface area contributed by atoms with Crippen molar-refractivity contribution in [3.8, 4) is 0 Å². The fraction of sp³-hybridized carbons (Fsp3) is 0.600. The highest BCUT2D eigenvalue weighted by atomic mass is 32.2. The Morgan fingerprint density at radius 2 is 2.08 bits per heavy atom. The van der Waals surface area contributed by atoms with Crippen molar-refractivity contribution in [2.75, 3.05) is 5.75 Å². The topological polar surface area (TPSA) is 4.93 Å². The summed E-state index contributed by atoms with van der Waals surface area (Å²) in [5.41, 5.74) is 0. The highest BCUT2D eigenvalue weighted by Gasteiger charge is 2.13. The molecule has 66 valence electrons. The van der Waals surface area contributed by atoms with Gasteiger partial charge in [0.2, 0.25) is 0 Å². The smallest absolute Gasteiger partial charge is 0.0338 e. The van der Waals surface area contributed by atoms with Crippen LogP contribution in [0.5, 0.6) is 0 Å². The van der Waals surface area contributed by atoms with Gasteiger partial charge < -0.3 is 4.57 Å². The molecule has 1 aliphatic heterocycles. The van der Waals surface area contributed by atoms with E-state index >= 15 is 0 Å². The zero-order valence-electron chi connectivity index (χ0n) is 7.28. The van der Waals surface area contributed by atoms with E-state index in [4.69, 9.17) is 0 Å². The van der Waals surface area contributed by atoms with Crippen LogP contribution in [0.4, 0.5) is 0 Å². The zero-order chi connectivity index (χ0) is 8.23. The van der Waals surface area contributed by atoms with Gasteiger partial charge in [-0.3, -0.25) is 0 Å². The highest BCUT2D eigenvalue weighted by Crippen LogP contribution is 2.26. The van der Waals surface area contributed by atoms with Crippen LogP contribution in [0.25, 0.3) is 0 Å². The van der Waals surface area contributed by atoms with E-state index in [0.29, 0.717) is 0 Å². The van der Waals surface area contributed by atoms with Gasteiger partial charge in [0, 0.05) is 24.2 Å². The third-order valence-electron chi connectivity index (χ3n) is 2.35. The standard InChI is InChI=1S/C10H15NS/c1-4-8-12-10(5-1)9-11-6-2-3-7-11/h2-3,6-7,10H,1,4-5,8-9H2. The normalized spacial score (nSPS) is 24.2. The number of hydrogen-bond acceptors (Lipinski definition) is 1. The van der Waals surface area contributed by atoms with E-state index in [-0.39, 0.29) is 0 Å². The first-order valence-electron chi connectivity index (χ1n) is 4.67. The van der Waals surface area contributed by atoms with Crippen LogP contribution in [-0.2, 0) is 6.54 Å². The van der Waals surface area contributed by atoms with Crippen LogP contribution >= 0.6 is 11.8 Å². The maximum absolute atomic E-state index is 2.29. The molecule has 0 saturated carbocycles. The average Bonchev–Trinajstić information content (AvgIpc) is 2.59. The average molecular weight is 181 g/mol. The number of hydrogen-bond donors (Lipinski definition) is 0. The van der Waals surface area contributed by atoms with Crippen LogP contribution in [0, 0.1) is 0 Å². The fourth-order valence-corrected chi connectivity index (χ4v) is 2.99. The van der Waals surface area contributed by atoms with Gasteiger partial charge >= 0.3 is 0 Å². The molecule has 1 fully saturated rings. The minimum absolute atomic E-state index is 0.867. The van der Waals surface area contributed by atoms with E-state index < -0.39 is 0 Å². The lowest BCUT2D eigenvalue weighted by atomic mass is 10.2. The minimum Gasteiger partial charge on any atom is -0.353 e. The molecular formula is C10H15NS. The Labute approximate surface area is 78.2 Å². The Morgan fingerprint density at radius 1 is 1.25 bits per heavy atom. The second-order valence-corrected chi connectivity index (χ2v) is 4.78. The van der Waals surface area contributed by atoms with Gasteiger partial charge in [0.05, 0.1) is 0 Å². The largest absolute Gasteiger partial charge is 0.353 e. The van der Waals surface area contributed by atoms with Crippen LogP contribution in [0.15, 0.2) is 24.5 Å². The predicted octanol–water partition coefficient (Wildman–Crippen LogP) is 2.77. The van der Waals surface area contributed by atoms with E-state index in [1.165, 1.54) is 31.6 Å². The highest BCUT2D eigenvalue weighted by molar-refractivity contribution is 7.99. The van der Waals surface area contributed by atoms with Gasteiger partial charge in [-0.1, -0.05) is 6.42 Å². The van der Waals surface area contributed by atoms with Crippen LogP contribution in [0.2, 0.25) is 0 Å². The maximum Gasteiger partial charge on any atom is 0.0338 e. The Balaban J connectivity index is 1.86. The first-order chi connectivity index (χ1) is 5.95. The van der Waals surface area contributed by atoms with Crippen molar-refractivity contribution in [1.29, 1.82) is 0 Å². The van der Waals surface area contributed by atoms with Crippen molar-refractivity contribution in [1.82, 2.24) is 4.57 Å². The van der Waals surface area contributed by atoms with Gasteiger partial charge in [-0.2, -0.15) is 11.8 Å². The van der Waals surface area contributed by atoms with Crippen molar-refractivity contribution in [3.05, 3.63) is 24.5 Å². The van der Waals surface area contributed by atoms with E-state index in [9.17, 15) is 0 Å². The van der Waals surface area contributed by atoms with E-state index in [1.54, 1.807) is 0 Å². The van der Waals surface area contributed by atoms with Crippen molar-refractivity contribution in [2.24, 2.45) is 0 Å². The van der Waals surface area contributed by atoms with Crippen LogP contribution in [0.1, 0.15) is 19.3 Å². The minimum atomic E-state index is 0.867. The molecule has 0 aliphatic carbocycles. The molecule has 0 bridgehead atoms. The Hall–Kier alpha value is -0.370. The van der Waals surface area contributed by atoms with Gasteiger partial charge in [-0.05, 0) is 30.7 Å². The molecular weight excluding hydrogens is 166 g/mol. The molecule has 1 saturated heterocycles. The maximum atomic E-state index is 2.29. The quantitative estimate of drug-likeness (QED) is 0.679. The van der Waals surface area contributed by atoms with Gasteiger partial charge in [0.25, 0.3) is 0 Å². The summed E-state index contributed by atoms with van der Waals surface area (Å²) in [6, 6.07) is 4.21. The third-order valence-corrected chi connectivity index (χ3v) is 3.74. The van der Waals surface area contributed by atoms with Crippen LogP contribution in [0.3, 0.4) is 0 Å². The van der Waals surface area contributed by atoms with Gasteiger partial charge in [0.15, 0.2) is 0 Å². The molecule has 0 aromatic carbocycles. The Bertz CT molecular complexity index is 212. The summed E-state index contributed by atoms with van der Waals surface area (Å²) in [6.07, 6.45) is 8.58. The first kappa shape index (κ1) is 8.24. The summed E-state index contributed by atoms with van der Waals surface area (Å²) >= 11 is 2.14. The molecule has 0 radical (unpaired) electrons. The zero-order valence-corrected chi connectivity index (χ0v) is 8.09. The SMILES string of the molecule is c1ccn(CC2CCCCS2)c1. The molecule has 2 heteroatoms. The van der Waals surface area contributed by atoms with Gasteiger partial charge in [-0.15, -0.1) is 0 Å². The molecule has 1 aliphatic rings. The number of aromatic nitrogens is 1. The molecule has 0 spiro atoms. The van der Waals surface area contributed by atoms with Crippen molar-refractivity contribution in [2.45, 2.75) is 31.1 Å². The third kappa shape index (κ3) is 2.07. The molecule has 1 nitrogen and oxygen atoms in total. The lowest BCUT2D eigenvalue weighted by molar-refractivity contribution is 0.585. The molecule has 0 amide bonds. The van der Waals surface area contributed by atoms with Gasteiger partial charge in [-0.25, -0.2) is 0 Å². The monoisotopic (exact) mass is 181 g/mol. The first-order valence-corrected chi connectivity index (χ1v) is 5.72. The molecule has 2 heterocycles. The Kier molecular flexibility index (Phi) is 2.77. The van der Waals surface area contributed by atoms with E-state index in [2.05, 4.69) is 40.9 Å². The lowest BCUT2D eigenvalue weighted by Crippen LogP contribution is -2.15. The van der Waals surface area contributed by atoms with Crippen LogP contribution < -0.4 is 0 Å². The van der Waals surface area contributed by atoms with Gasteiger partial charge in [0.1, 0.15) is 0 Å². The molecule has 1 aromatic rings. The van der Waals surface area contributed by atoms with Crippen LogP contribution in [-0.4, -0.2) is 15.6 Å². The number of thioether (sulfide) groups is 1. The summed E-state index contributed by atoms with van der Waals surface area (Å²) in [4.78, 5) is 0. The van der Waals surface area contributed by atoms with Crippen molar-refractivity contribution < 1.29 is 0 Å². The summed E-state index contributed by atoms with van der Waals surface area (Å²) < 4.78 is 2.29. The molecule has 1 unspecified atom stereocenters. The second kappa shape index (κ2) is 4.04. The summed E-state index contributed by atoms with van der Waals surface area (Å²) in [6.45, 7) is 1.21. The molecule has 12 heavy (non-hydrogen) atoms. The number of rotatable bonds is 2. The summed E-state index contributed by atoms with van der Waals surface area (Å²) in [7, 11) is 0. The number of nitrogens with zero attached hydrogens (tertiary/aromatic N) is 1. The Morgan fingerprint density at radius 3 is 2.75 bits per heavy atom. The van der Waals surface area contributed by atoms with E-state index in [1.807, 2.05) is 0 Å². The summed E-state index contributed by atoms with van der Waals surface area (Å²) in [5.74, 6) is 1.37. The second-order valence-electron chi connectivity index (χ2n) is 3.37. The predicted molar refractivity (Wildman–Crippen MR) is 54.5 cm³/mol. The molecule has 1 atom stereocenters. The summed E-state index contributed by atoms with van der Waals surface area (Å²) in [5, 5.41) is 0.867. The van der Waals surface area contributed by atoms with E-state index in [0.717, 1.165) is 5.25 Å². The fourth-order valence-electron chi connectivity index (χ4n) is 1.68.